The summed E-state index contributed by atoms with van der Waals surface area (Å²) < 4.78 is 6.28. The molecule has 1 aromatic heterocycles. The number of carboxylic acid groups (broad SMARTS) is 2. The van der Waals surface area contributed by atoms with Gasteiger partial charge in [-0.3, -0.25) is 33.4 Å². The number of benzene rings is 1. The zero-order valence-electron chi connectivity index (χ0n) is 20.3. The largest absolute Gasteiger partial charge is 0.480 e. The summed E-state index contributed by atoms with van der Waals surface area (Å²) in [5, 5.41) is 19.3. The minimum absolute atomic E-state index is 0.00632. The zero-order valence-corrected chi connectivity index (χ0v) is 23.6. The number of aliphatic carboxylic acids is 2. The van der Waals surface area contributed by atoms with Crippen molar-refractivity contribution in [3.63, 3.8) is 0 Å². The Morgan fingerprint density at radius 2 is 1.82 bits per heavy atom. The Balaban J connectivity index is 1.81. The third-order valence-electron chi connectivity index (χ3n) is 5.54. The first-order chi connectivity index (χ1) is 18.6. The second kappa shape index (κ2) is 12.2. The molecule has 2 aromatic rings. The topological polar surface area (TPSA) is 146 Å². The Bertz CT molecular complexity index is 1590. The standard InChI is InChI=1S/C24H21N3O8S4/c1-2-3-8-25-14-9-13(35-12-28)4-5-15(14)37-17(25)7-6-16-21(33)26(10-18(29)30)23(38-16)20-22(34)27(11-19(31)32)24(36)39-20/h4-7,9,12H,2-3,8,10-11H2,1H3,(H,29,30)(H,31,32). The number of allylic oxidation sites excluding steroid dienone is 1. The zero-order chi connectivity index (χ0) is 28.3. The van der Waals surface area contributed by atoms with Crippen molar-refractivity contribution in [1.82, 2.24) is 9.47 Å². The number of aromatic nitrogens is 1. The van der Waals surface area contributed by atoms with E-state index >= 15 is 0 Å². The molecule has 0 aliphatic carbocycles. The van der Waals surface area contributed by atoms with Crippen molar-refractivity contribution in [2.45, 2.75) is 31.2 Å². The van der Waals surface area contributed by atoms with Crippen LogP contribution in [0.25, 0.3) is 11.0 Å². The second-order valence-corrected chi connectivity index (χ2v) is 11.9. The molecule has 39 heavy (non-hydrogen) atoms. The molecule has 11 nitrogen and oxygen atoms in total. The fourth-order valence-corrected chi connectivity index (χ4v) is 7.33. The number of ether oxygens (including phenoxy) is 1. The van der Waals surface area contributed by atoms with Gasteiger partial charge in [-0.25, -0.2) is 0 Å². The number of carbonyl (C=O) groups is 4. The van der Waals surface area contributed by atoms with Gasteiger partial charge >= 0.3 is 11.9 Å². The van der Waals surface area contributed by atoms with Gasteiger partial charge in [0, 0.05) is 17.5 Å². The van der Waals surface area contributed by atoms with Crippen molar-refractivity contribution < 1.29 is 34.1 Å². The number of carbonyl (C=O) groups excluding carboxylic acids is 2. The lowest BCUT2D eigenvalue weighted by Crippen LogP contribution is -2.36. The van der Waals surface area contributed by atoms with Gasteiger partial charge in [-0.05, 0) is 30.7 Å². The third kappa shape index (κ3) is 6.11. The highest BCUT2D eigenvalue weighted by Gasteiger charge is 2.35. The van der Waals surface area contributed by atoms with E-state index in [-0.39, 0.29) is 18.4 Å². The van der Waals surface area contributed by atoms with E-state index in [1.807, 2.05) is 6.07 Å². The minimum atomic E-state index is -1.28. The number of anilines is 1. The maximum atomic E-state index is 13.2. The van der Waals surface area contributed by atoms with Crippen molar-refractivity contribution in [2.24, 2.45) is 0 Å². The molecule has 0 atom stereocenters. The molecule has 204 valence electrons. The summed E-state index contributed by atoms with van der Waals surface area (Å²) >= 11 is 8.38. The summed E-state index contributed by atoms with van der Waals surface area (Å²) in [4.78, 5) is 63.5. The van der Waals surface area contributed by atoms with Crippen LogP contribution in [0.1, 0.15) is 19.8 Å². The minimum Gasteiger partial charge on any atom is -0.480 e. The molecule has 15 heteroatoms. The van der Waals surface area contributed by atoms with Crippen LogP contribution in [0, 0.1) is 0 Å². The van der Waals surface area contributed by atoms with E-state index in [0.717, 1.165) is 61.0 Å². The summed E-state index contributed by atoms with van der Waals surface area (Å²) in [6, 6.07) is 5.29. The highest BCUT2D eigenvalue weighted by Crippen LogP contribution is 2.47. The Morgan fingerprint density at radius 1 is 1.08 bits per heavy atom. The highest BCUT2D eigenvalue weighted by atomic mass is 32.2. The number of nitrogens with zero attached hydrogens (tertiary/aromatic N) is 3. The molecular weight excluding hydrogens is 587 g/mol. The molecule has 0 radical (unpaired) electrons. The summed E-state index contributed by atoms with van der Waals surface area (Å²) in [7, 11) is 0. The van der Waals surface area contributed by atoms with Crippen LogP contribution in [0.4, 0.5) is 5.69 Å². The SMILES string of the molecule is CCCCN1C(=CC=c2sc(=C3SC(=S)N(CC(=O)O)C3=O)n(CC(=O)O)c2=O)Sc2ccc(OC=O)cc21. The van der Waals surface area contributed by atoms with Crippen LogP contribution >= 0.6 is 47.1 Å². The van der Waals surface area contributed by atoms with E-state index in [1.165, 1.54) is 11.8 Å². The molecule has 4 rings (SSSR count). The van der Waals surface area contributed by atoms with Gasteiger partial charge in [-0.15, -0.1) is 11.3 Å². The maximum Gasteiger partial charge on any atom is 0.323 e. The molecule has 2 N–H and O–H groups in total. The van der Waals surface area contributed by atoms with Gasteiger partial charge in [-0.1, -0.05) is 49.1 Å². The van der Waals surface area contributed by atoms with Crippen LogP contribution in [0.2, 0.25) is 0 Å². The van der Waals surface area contributed by atoms with Gasteiger partial charge in [0.1, 0.15) is 32.7 Å². The summed E-state index contributed by atoms with van der Waals surface area (Å²) in [6.45, 7) is 1.78. The molecular formula is C24H21N3O8S4. The molecule has 0 unspecified atom stereocenters. The average molecular weight is 608 g/mol. The maximum absolute atomic E-state index is 13.2. The first-order valence-corrected chi connectivity index (χ1v) is 14.3. The molecule has 2 aliphatic heterocycles. The molecule has 0 bridgehead atoms. The second-order valence-electron chi connectivity index (χ2n) is 8.16. The molecule has 2 aliphatic rings. The van der Waals surface area contributed by atoms with Crippen LogP contribution in [0.15, 0.2) is 39.0 Å². The number of thioether (sulfide) groups is 2. The van der Waals surface area contributed by atoms with Crippen molar-refractivity contribution in [1.29, 1.82) is 0 Å². The van der Waals surface area contributed by atoms with E-state index in [4.69, 9.17) is 22.1 Å². The van der Waals surface area contributed by atoms with E-state index in [9.17, 15) is 29.1 Å². The fourth-order valence-electron chi connectivity index (χ4n) is 3.81. The number of hydrogen-bond acceptors (Lipinski definition) is 11. The molecule has 1 amide bonds. The van der Waals surface area contributed by atoms with Crippen LogP contribution in [0.5, 0.6) is 5.75 Å². The number of thiocarbonyl (C=S) groups is 1. The molecule has 3 heterocycles. The lowest BCUT2D eigenvalue weighted by atomic mass is 10.2. The van der Waals surface area contributed by atoms with Gasteiger partial charge < -0.3 is 19.8 Å². The number of fused-ring (bicyclic) bond motifs is 1. The van der Waals surface area contributed by atoms with Gasteiger partial charge in [0.15, 0.2) is 0 Å². The molecule has 0 saturated carbocycles. The smallest absolute Gasteiger partial charge is 0.323 e. The number of amides is 1. The summed E-state index contributed by atoms with van der Waals surface area (Å²) in [6.07, 6.45) is 5.15. The van der Waals surface area contributed by atoms with Crippen LogP contribution in [-0.2, 0) is 25.7 Å². The Kier molecular flexibility index (Phi) is 8.94. The lowest BCUT2D eigenvalue weighted by Gasteiger charge is -2.20. The number of thiazole rings is 1. The van der Waals surface area contributed by atoms with E-state index in [2.05, 4.69) is 11.8 Å². The van der Waals surface area contributed by atoms with Crippen molar-refractivity contribution in [3.05, 3.63) is 48.9 Å². The number of hydrogen-bond donors (Lipinski definition) is 2. The predicted octanol–water partition coefficient (Wildman–Crippen LogP) is 1.62. The van der Waals surface area contributed by atoms with E-state index in [1.54, 1.807) is 24.3 Å². The van der Waals surface area contributed by atoms with Crippen molar-refractivity contribution in [2.75, 3.05) is 18.0 Å². The van der Waals surface area contributed by atoms with Crippen LogP contribution < -0.4 is 24.4 Å². The summed E-state index contributed by atoms with van der Waals surface area (Å²) in [5.74, 6) is -2.82. The third-order valence-corrected chi connectivity index (χ3v) is 9.38. The van der Waals surface area contributed by atoms with E-state index < -0.39 is 36.5 Å². The Morgan fingerprint density at radius 3 is 2.49 bits per heavy atom. The highest BCUT2D eigenvalue weighted by molar-refractivity contribution is 8.30. The number of unbranched alkanes of at least 4 members (excludes halogenated alkanes) is 1. The van der Waals surface area contributed by atoms with Crippen LogP contribution in [0.3, 0.4) is 0 Å². The molecule has 0 spiro atoms. The molecule has 1 fully saturated rings. The lowest BCUT2D eigenvalue weighted by molar-refractivity contribution is -0.140. The molecule has 1 saturated heterocycles. The molecule has 1 aromatic carbocycles. The first-order valence-electron chi connectivity index (χ1n) is 11.5. The normalized spacial score (nSPS) is 17.8. The predicted molar refractivity (Wildman–Crippen MR) is 152 cm³/mol. The van der Waals surface area contributed by atoms with Crippen molar-refractivity contribution in [3.8, 4) is 5.75 Å². The monoisotopic (exact) mass is 607 g/mol. The van der Waals surface area contributed by atoms with Crippen LogP contribution in [-0.4, -0.2) is 61.4 Å². The van der Waals surface area contributed by atoms with Crippen molar-refractivity contribution >= 4 is 92.4 Å². The summed E-state index contributed by atoms with van der Waals surface area (Å²) in [5.41, 5.74) is 0.262. The quantitative estimate of drug-likeness (QED) is 0.299. The number of rotatable bonds is 10. The Hall–Kier alpha value is -3.40. The Labute approximate surface area is 239 Å². The van der Waals surface area contributed by atoms with Gasteiger partial charge in [-0.2, -0.15) is 0 Å². The first kappa shape index (κ1) is 28.6. The van der Waals surface area contributed by atoms with Gasteiger partial charge in [0.2, 0.25) is 0 Å². The van der Waals surface area contributed by atoms with Gasteiger partial charge in [0.25, 0.3) is 17.9 Å². The average Bonchev–Trinajstić information content (AvgIpc) is 3.48. The fraction of sp³-hybridized carbons (Fsp3) is 0.250. The van der Waals surface area contributed by atoms with Gasteiger partial charge in [0.05, 0.1) is 15.2 Å². The number of carboxylic acids is 2. The van der Waals surface area contributed by atoms with E-state index in [0.29, 0.717) is 18.8 Å².